The molecule has 1 atom stereocenters. The Morgan fingerprint density at radius 1 is 1.62 bits per heavy atom. The summed E-state index contributed by atoms with van der Waals surface area (Å²) >= 11 is 1.88. The van der Waals surface area contributed by atoms with Crippen LogP contribution in [0.5, 0.6) is 0 Å². The minimum atomic E-state index is 0.132. The molecule has 0 saturated carbocycles. The van der Waals surface area contributed by atoms with Gasteiger partial charge in [0.25, 0.3) is 0 Å². The van der Waals surface area contributed by atoms with Crippen LogP contribution < -0.4 is 11.1 Å². The number of carbonyl (C=O) groups excluding carboxylic acids is 1. The molecule has 0 aromatic heterocycles. The molecule has 0 fully saturated rings. The molecular weight excluding hydrogens is 184 g/mol. The normalized spacial score (nSPS) is 12.5. The van der Waals surface area contributed by atoms with Crippen molar-refractivity contribution in [3.05, 3.63) is 0 Å². The molecule has 0 bridgehead atoms. The Kier molecular flexibility index (Phi) is 8.24. The van der Waals surface area contributed by atoms with Gasteiger partial charge in [0.15, 0.2) is 0 Å². The fourth-order valence-electron chi connectivity index (χ4n) is 0.812. The van der Waals surface area contributed by atoms with Crippen LogP contribution in [0.15, 0.2) is 0 Å². The third-order valence-corrected chi connectivity index (χ3v) is 3.16. The molecular formula is C9H20N2OS. The summed E-state index contributed by atoms with van der Waals surface area (Å²) in [6.45, 7) is 2.90. The van der Waals surface area contributed by atoms with E-state index < -0.39 is 0 Å². The van der Waals surface area contributed by atoms with Crippen LogP contribution in [0.3, 0.4) is 0 Å². The van der Waals surface area contributed by atoms with Gasteiger partial charge in [-0.25, -0.2) is 0 Å². The first-order valence-electron chi connectivity index (χ1n) is 4.69. The summed E-state index contributed by atoms with van der Waals surface area (Å²) in [7, 11) is 1.67. The first-order chi connectivity index (χ1) is 6.20. The fraction of sp³-hybridized carbons (Fsp3) is 0.889. The Bertz CT molecular complexity index is 142. The van der Waals surface area contributed by atoms with Crippen LogP contribution in [-0.2, 0) is 4.79 Å². The summed E-state index contributed by atoms with van der Waals surface area (Å²) in [6, 6.07) is 0. The number of nitrogens with one attached hydrogen (secondary N) is 1. The standard InChI is InChI=1S/C9H20N2OS/c1-8(6-10)7-13-5-3-4-9(12)11-2/h8H,3-7,10H2,1-2H3,(H,11,12). The zero-order valence-corrected chi connectivity index (χ0v) is 9.32. The maximum absolute atomic E-state index is 10.8. The maximum atomic E-state index is 10.8. The van der Waals surface area contributed by atoms with Crippen molar-refractivity contribution in [3.8, 4) is 0 Å². The van der Waals surface area contributed by atoms with E-state index in [1.807, 2.05) is 11.8 Å². The van der Waals surface area contributed by atoms with Crippen molar-refractivity contribution in [1.29, 1.82) is 0 Å². The monoisotopic (exact) mass is 204 g/mol. The minimum Gasteiger partial charge on any atom is -0.359 e. The lowest BCUT2D eigenvalue weighted by Gasteiger charge is -2.06. The van der Waals surface area contributed by atoms with Gasteiger partial charge in [0, 0.05) is 13.5 Å². The number of rotatable bonds is 7. The van der Waals surface area contributed by atoms with Crippen LogP contribution in [0.25, 0.3) is 0 Å². The number of nitrogens with two attached hydrogens (primary N) is 1. The van der Waals surface area contributed by atoms with Crippen molar-refractivity contribution in [2.45, 2.75) is 19.8 Å². The molecule has 0 aromatic rings. The maximum Gasteiger partial charge on any atom is 0.219 e. The van der Waals surface area contributed by atoms with Crippen molar-refractivity contribution in [1.82, 2.24) is 5.32 Å². The quantitative estimate of drug-likeness (QED) is 0.604. The van der Waals surface area contributed by atoms with Gasteiger partial charge in [-0.1, -0.05) is 6.92 Å². The Hall–Kier alpha value is -0.220. The van der Waals surface area contributed by atoms with Gasteiger partial charge in [-0.2, -0.15) is 11.8 Å². The highest BCUT2D eigenvalue weighted by Gasteiger charge is 2.00. The summed E-state index contributed by atoms with van der Waals surface area (Å²) < 4.78 is 0. The van der Waals surface area contributed by atoms with Crippen molar-refractivity contribution in [3.63, 3.8) is 0 Å². The average Bonchev–Trinajstić information content (AvgIpc) is 2.16. The van der Waals surface area contributed by atoms with Gasteiger partial charge >= 0.3 is 0 Å². The fourth-order valence-corrected chi connectivity index (χ4v) is 1.87. The van der Waals surface area contributed by atoms with E-state index in [-0.39, 0.29) is 5.91 Å². The van der Waals surface area contributed by atoms with E-state index in [2.05, 4.69) is 12.2 Å². The number of hydrogen-bond acceptors (Lipinski definition) is 3. The van der Waals surface area contributed by atoms with Gasteiger partial charge < -0.3 is 11.1 Å². The Morgan fingerprint density at radius 2 is 2.31 bits per heavy atom. The van der Waals surface area contributed by atoms with Crippen molar-refractivity contribution < 1.29 is 4.79 Å². The van der Waals surface area contributed by atoms with E-state index in [4.69, 9.17) is 5.73 Å². The number of hydrogen-bond donors (Lipinski definition) is 2. The second-order valence-electron chi connectivity index (χ2n) is 3.19. The van der Waals surface area contributed by atoms with Crippen LogP contribution >= 0.6 is 11.8 Å². The van der Waals surface area contributed by atoms with Crippen LogP contribution in [0.2, 0.25) is 0 Å². The molecule has 3 N–H and O–H groups in total. The lowest BCUT2D eigenvalue weighted by Crippen LogP contribution is -2.17. The molecule has 0 aromatic carbocycles. The van der Waals surface area contributed by atoms with Crippen LogP contribution in [-0.4, -0.2) is 31.0 Å². The predicted molar refractivity (Wildman–Crippen MR) is 58.8 cm³/mol. The van der Waals surface area contributed by atoms with Crippen LogP contribution in [0.1, 0.15) is 19.8 Å². The van der Waals surface area contributed by atoms with Crippen LogP contribution in [0.4, 0.5) is 0 Å². The summed E-state index contributed by atoms with van der Waals surface area (Å²) in [4.78, 5) is 10.8. The van der Waals surface area contributed by atoms with Crippen LogP contribution in [0, 0.1) is 5.92 Å². The van der Waals surface area contributed by atoms with E-state index in [0.717, 1.165) is 24.5 Å². The third kappa shape index (κ3) is 8.12. The largest absolute Gasteiger partial charge is 0.359 e. The second kappa shape index (κ2) is 8.38. The molecule has 0 saturated heterocycles. The van der Waals surface area contributed by atoms with Gasteiger partial charge in [-0.15, -0.1) is 0 Å². The molecule has 0 aliphatic rings. The Labute approximate surface area is 84.8 Å². The summed E-state index contributed by atoms with van der Waals surface area (Å²) in [5, 5.41) is 2.61. The molecule has 1 unspecified atom stereocenters. The van der Waals surface area contributed by atoms with E-state index in [1.54, 1.807) is 7.05 Å². The minimum absolute atomic E-state index is 0.132. The lowest BCUT2D eigenvalue weighted by molar-refractivity contribution is -0.120. The predicted octanol–water partition coefficient (Wildman–Crippen LogP) is 0.841. The molecule has 13 heavy (non-hydrogen) atoms. The van der Waals surface area contributed by atoms with E-state index >= 15 is 0 Å². The van der Waals surface area contributed by atoms with Crippen molar-refractivity contribution >= 4 is 17.7 Å². The molecule has 78 valence electrons. The number of carbonyl (C=O) groups is 1. The van der Waals surface area contributed by atoms with E-state index in [1.165, 1.54) is 0 Å². The molecule has 0 rings (SSSR count). The Balaban J connectivity index is 3.12. The topological polar surface area (TPSA) is 55.1 Å². The zero-order chi connectivity index (χ0) is 10.1. The summed E-state index contributed by atoms with van der Waals surface area (Å²) in [5.74, 6) is 2.87. The third-order valence-electron chi connectivity index (χ3n) is 1.78. The SMILES string of the molecule is CNC(=O)CCCSCC(C)CN. The van der Waals surface area contributed by atoms with E-state index in [9.17, 15) is 4.79 Å². The van der Waals surface area contributed by atoms with Crippen molar-refractivity contribution in [2.24, 2.45) is 11.7 Å². The number of thioether (sulfide) groups is 1. The molecule has 0 aliphatic carbocycles. The molecule has 0 spiro atoms. The highest BCUT2D eigenvalue weighted by Crippen LogP contribution is 2.09. The molecule has 3 nitrogen and oxygen atoms in total. The van der Waals surface area contributed by atoms with Gasteiger partial charge in [0.05, 0.1) is 0 Å². The van der Waals surface area contributed by atoms with Crippen molar-refractivity contribution in [2.75, 3.05) is 25.1 Å². The highest BCUT2D eigenvalue weighted by atomic mass is 32.2. The molecule has 0 aliphatic heterocycles. The molecule has 1 amide bonds. The average molecular weight is 204 g/mol. The zero-order valence-electron chi connectivity index (χ0n) is 8.51. The van der Waals surface area contributed by atoms with E-state index in [0.29, 0.717) is 12.3 Å². The summed E-state index contributed by atoms with van der Waals surface area (Å²) in [6.07, 6.45) is 1.60. The first-order valence-corrected chi connectivity index (χ1v) is 5.84. The number of amides is 1. The van der Waals surface area contributed by atoms with Gasteiger partial charge in [-0.05, 0) is 30.4 Å². The highest BCUT2D eigenvalue weighted by molar-refractivity contribution is 7.99. The first kappa shape index (κ1) is 12.8. The lowest BCUT2D eigenvalue weighted by atomic mass is 10.2. The van der Waals surface area contributed by atoms with Gasteiger partial charge in [-0.3, -0.25) is 4.79 Å². The molecule has 4 heteroatoms. The summed E-state index contributed by atoms with van der Waals surface area (Å²) in [5.41, 5.74) is 5.48. The second-order valence-corrected chi connectivity index (χ2v) is 4.34. The smallest absolute Gasteiger partial charge is 0.219 e. The molecule has 0 heterocycles. The van der Waals surface area contributed by atoms with Gasteiger partial charge in [0.2, 0.25) is 5.91 Å². The molecule has 0 radical (unpaired) electrons. The van der Waals surface area contributed by atoms with Gasteiger partial charge in [0.1, 0.15) is 0 Å². The Morgan fingerprint density at radius 3 is 2.85 bits per heavy atom.